The smallest absolute Gasteiger partial charge is 0.224 e. The number of aryl methyl sites for hydroxylation is 3. The summed E-state index contributed by atoms with van der Waals surface area (Å²) < 4.78 is 0. The Labute approximate surface area is 124 Å². The van der Waals surface area contributed by atoms with Crippen LogP contribution in [-0.2, 0) is 24.1 Å². The number of carbonyl (C=O) groups is 1. The van der Waals surface area contributed by atoms with Gasteiger partial charge in [-0.2, -0.15) is 0 Å². The first kappa shape index (κ1) is 14.0. The first-order valence-corrected chi connectivity index (χ1v) is 8.60. The molecule has 2 aliphatic rings. The van der Waals surface area contributed by atoms with Crippen LogP contribution < -0.4 is 10.6 Å². The molecule has 110 valence electrons. The van der Waals surface area contributed by atoms with Crippen molar-refractivity contribution in [3.05, 3.63) is 15.6 Å². The molecule has 0 spiro atoms. The van der Waals surface area contributed by atoms with Crippen molar-refractivity contribution in [2.75, 3.05) is 19.6 Å². The van der Waals surface area contributed by atoms with Gasteiger partial charge in [0.1, 0.15) is 0 Å². The predicted octanol–water partition coefficient (Wildman–Crippen LogP) is 1.68. The number of hydrogen-bond donors (Lipinski definition) is 2. The van der Waals surface area contributed by atoms with E-state index in [2.05, 4.69) is 10.6 Å². The number of rotatable bonds is 5. The van der Waals surface area contributed by atoms with E-state index >= 15 is 0 Å². The normalized spacial score (nSPS) is 21.7. The fourth-order valence-corrected chi connectivity index (χ4v) is 4.18. The van der Waals surface area contributed by atoms with Crippen LogP contribution in [-0.4, -0.2) is 30.5 Å². The molecule has 0 bridgehead atoms. The Morgan fingerprint density at radius 1 is 1.40 bits per heavy atom. The monoisotopic (exact) mass is 293 g/mol. The molecule has 1 unspecified atom stereocenters. The maximum absolute atomic E-state index is 11.9. The van der Waals surface area contributed by atoms with E-state index in [0.29, 0.717) is 0 Å². The average molecular weight is 293 g/mol. The quantitative estimate of drug-likeness (QED) is 0.812. The van der Waals surface area contributed by atoms with Gasteiger partial charge in [-0.15, -0.1) is 11.3 Å². The Balaban J connectivity index is 1.39. The van der Waals surface area contributed by atoms with Gasteiger partial charge >= 0.3 is 0 Å². The van der Waals surface area contributed by atoms with Gasteiger partial charge in [-0.3, -0.25) is 4.79 Å². The highest BCUT2D eigenvalue weighted by molar-refractivity contribution is 7.11. The van der Waals surface area contributed by atoms with Gasteiger partial charge in [-0.05, 0) is 45.1 Å². The second-order valence-corrected chi connectivity index (χ2v) is 6.94. The fraction of sp³-hybridized carbons (Fsp3) is 0.733. The third-order valence-electron chi connectivity index (χ3n) is 4.19. The van der Waals surface area contributed by atoms with E-state index < -0.39 is 0 Å². The molecule has 1 aliphatic carbocycles. The summed E-state index contributed by atoms with van der Waals surface area (Å²) in [6.45, 7) is 2.59. The average Bonchev–Trinajstić information content (AvgIpc) is 3.11. The minimum absolute atomic E-state index is 0.183. The van der Waals surface area contributed by atoms with Gasteiger partial charge in [-0.1, -0.05) is 0 Å². The van der Waals surface area contributed by atoms with Crippen molar-refractivity contribution in [2.45, 2.75) is 44.9 Å². The molecule has 1 fully saturated rings. The van der Waals surface area contributed by atoms with Crippen molar-refractivity contribution in [1.29, 1.82) is 0 Å². The SMILES string of the molecule is O=C(NCCCc1nc2c(s1)CCCC2)C1CCNC1. The number of fused-ring (bicyclic) bond motifs is 1. The van der Waals surface area contributed by atoms with E-state index in [4.69, 9.17) is 4.98 Å². The van der Waals surface area contributed by atoms with Crippen LogP contribution in [0.4, 0.5) is 0 Å². The van der Waals surface area contributed by atoms with Gasteiger partial charge in [0.05, 0.1) is 16.6 Å². The number of nitrogens with one attached hydrogen (secondary N) is 2. The molecule has 0 radical (unpaired) electrons. The summed E-state index contributed by atoms with van der Waals surface area (Å²) in [7, 11) is 0. The lowest BCUT2D eigenvalue weighted by molar-refractivity contribution is -0.124. The lowest BCUT2D eigenvalue weighted by atomic mass is 10.0. The molecule has 1 aliphatic heterocycles. The van der Waals surface area contributed by atoms with Crippen LogP contribution in [0, 0.1) is 5.92 Å². The molecule has 3 rings (SSSR count). The first-order chi connectivity index (χ1) is 9.83. The zero-order valence-electron chi connectivity index (χ0n) is 11.9. The molecule has 0 saturated carbocycles. The molecule has 2 heterocycles. The molecular formula is C15H23N3OS. The maximum Gasteiger partial charge on any atom is 0.224 e. The van der Waals surface area contributed by atoms with Crippen LogP contribution in [0.3, 0.4) is 0 Å². The molecule has 1 aromatic rings. The second-order valence-electron chi connectivity index (χ2n) is 5.77. The van der Waals surface area contributed by atoms with Crippen molar-refractivity contribution in [3.63, 3.8) is 0 Å². The number of aromatic nitrogens is 1. The van der Waals surface area contributed by atoms with Crippen molar-refractivity contribution < 1.29 is 4.79 Å². The molecule has 1 atom stereocenters. The summed E-state index contributed by atoms with van der Waals surface area (Å²) >= 11 is 1.89. The van der Waals surface area contributed by atoms with Gasteiger partial charge in [0, 0.05) is 24.4 Å². The highest BCUT2D eigenvalue weighted by Gasteiger charge is 2.21. The summed E-state index contributed by atoms with van der Waals surface area (Å²) in [5.74, 6) is 0.399. The maximum atomic E-state index is 11.9. The van der Waals surface area contributed by atoms with Crippen molar-refractivity contribution in [1.82, 2.24) is 15.6 Å². The lowest BCUT2D eigenvalue weighted by Gasteiger charge is -2.08. The van der Waals surface area contributed by atoms with Crippen molar-refractivity contribution in [3.8, 4) is 0 Å². The van der Waals surface area contributed by atoms with Gasteiger partial charge in [-0.25, -0.2) is 4.98 Å². The first-order valence-electron chi connectivity index (χ1n) is 7.79. The van der Waals surface area contributed by atoms with E-state index in [-0.39, 0.29) is 11.8 Å². The summed E-state index contributed by atoms with van der Waals surface area (Å²) in [5, 5.41) is 7.54. The lowest BCUT2D eigenvalue weighted by Crippen LogP contribution is -2.32. The molecule has 1 aromatic heterocycles. The van der Waals surface area contributed by atoms with E-state index in [0.717, 1.165) is 45.3 Å². The number of thiazole rings is 1. The third kappa shape index (κ3) is 3.38. The van der Waals surface area contributed by atoms with Crippen LogP contribution >= 0.6 is 11.3 Å². The van der Waals surface area contributed by atoms with Crippen LogP contribution in [0.5, 0.6) is 0 Å². The van der Waals surface area contributed by atoms with Gasteiger partial charge < -0.3 is 10.6 Å². The Hall–Kier alpha value is -0.940. The van der Waals surface area contributed by atoms with Crippen molar-refractivity contribution >= 4 is 17.2 Å². The Morgan fingerprint density at radius 3 is 3.10 bits per heavy atom. The molecule has 1 saturated heterocycles. The predicted molar refractivity (Wildman–Crippen MR) is 81.1 cm³/mol. The van der Waals surface area contributed by atoms with Gasteiger partial charge in [0.2, 0.25) is 5.91 Å². The zero-order valence-corrected chi connectivity index (χ0v) is 12.7. The topological polar surface area (TPSA) is 54.0 Å². The zero-order chi connectivity index (χ0) is 13.8. The minimum Gasteiger partial charge on any atom is -0.356 e. The molecule has 5 heteroatoms. The third-order valence-corrected chi connectivity index (χ3v) is 5.40. The summed E-state index contributed by atoms with van der Waals surface area (Å²) in [6.07, 6.45) is 7.97. The number of carbonyl (C=O) groups excluding carboxylic acids is 1. The molecular weight excluding hydrogens is 270 g/mol. The van der Waals surface area contributed by atoms with Gasteiger partial charge in [0.15, 0.2) is 0 Å². The Kier molecular flexibility index (Phi) is 4.68. The van der Waals surface area contributed by atoms with E-state index in [9.17, 15) is 4.79 Å². The largest absolute Gasteiger partial charge is 0.356 e. The summed E-state index contributed by atoms with van der Waals surface area (Å²) in [6, 6.07) is 0. The van der Waals surface area contributed by atoms with Crippen LogP contribution in [0.1, 0.15) is 41.3 Å². The number of hydrogen-bond acceptors (Lipinski definition) is 4. The van der Waals surface area contributed by atoms with E-state index in [1.165, 1.54) is 34.8 Å². The van der Waals surface area contributed by atoms with Gasteiger partial charge in [0.25, 0.3) is 0 Å². The summed E-state index contributed by atoms with van der Waals surface area (Å²) in [4.78, 5) is 18.1. The van der Waals surface area contributed by atoms with E-state index in [1.54, 1.807) is 0 Å². The Bertz CT molecular complexity index is 442. The molecule has 20 heavy (non-hydrogen) atoms. The Morgan fingerprint density at radius 2 is 2.30 bits per heavy atom. The molecule has 0 aromatic carbocycles. The number of nitrogens with zero attached hydrogens (tertiary/aromatic N) is 1. The number of amides is 1. The highest BCUT2D eigenvalue weighted by Crippen LogP contribution is 2.27. The molecule has 4 nitrogen and oxygen atoms in total. The molecule has 2 N–H and O–H groups in total. The van der Waals surface area contributed by atoms with E-state index in [1.807, 2.05) is 11.3 Å². The standard InChI is InChI=1S/C15H23N3OS/c19-15(11-7-9-16-10-11)17-8-3-6-14-18-12-4-1-2-5-13(12)20-14/h11,16H,1-10H2,(H,17,19). The summed E-state index contributed by atoms with van der Waals surface area (Å²) in [5.41, 5.74) is 1.34. The second kappa shape index (κ2) is 6.68. The van der Waals surface area contributed by atoms with Crippen LogP contribution in [0.2, 0.25) is 0 Å². The minimum atomic E-state index is 0.183. The van der Waals surface area contributed by atoms with Crippen molar-refractivity contribution in [2.24, 2.45) is 5.92 Å². The fourth-order valence-electron chi connectivity index (χ4n) is 2.99. The van der Waals surface area contributed by atoms with Crippen LogP contribution in [0.25, 0.3) is 0 Å². The molecule has 1 amide bonds. The highest BCUT2D eigenvalue weighted by atomic mass is 32.1. The van der Waals surface area contributed by atoms with Crippen LogP contribution in [0.15, 0.2) is 0 Å².